The van der Waals surface area contributed by atoms with Gasteiger partial charge in [0.1, 0.15) is 16.4 Å². The minimum Gasteiger partial charge on any atom is -0.497 e. The summed E-state index contributed by atoms with van der Waals surface area (Å²) in [5.74, 6) is 1.18. The van der Waals surface area contributed by atoms with Crippen LogP contribution in [0.1, 0.15) is 27.3 Å². The number of ketones is 1. The Bertz CT molecular complexity index is 1320. The predicted molar refractivity (Wildman–Crippen MR) is 121 cm³/mol. The van der Waals surface area contributed by atoms with E-state index in [1.165, 1.54) is 15.9 Å². The molecule has 2 aromatic carbocycles. The molecule has 0 aliphatic rings. The van der Waals surface area contributed by atoms with Gasteiger partial charge in [0, 0.05) is 16.5 Å². The van der Waals surface area contributed by atoms with E-state index < -0.39 is 0 Å². The molecule has 0 saturated heterocycles. The van der Waals surface area contributed by atoms with Crippen LogP contribution in [0.4, 0.5) is 0 Å². The summed E-state index contributed by atoms with van der Waals surface area (Å²) in [5.41, 5.74) is 4.33. The highest BCUT2D eigenvalue weighted by Crippen LogP contribution is 2.32. The highest BCUT2D eigenvalue weighted by atomic mass is 32.1. The maximum Gasteiger partial charge on any atom is 0.263 e. The van der Waals surface area contributed by atoms with Crippen LogP contribution in [0.5, 0.6) is 5.75 Å². The molecule has 2 heterocycles. The van der Waals surface area contributed by atoms with E-state index in [2.05, 4.69) is 4.98 Å². The second-order valence-electron chi connectivity index (χ2n) is 7.33. The number of methoxy groups -OCH3 is 1. The van der Waals surface area contributed by atoms with E-state index in [0.717, 1.165) is 28.0 Å². The number of aromatic nitrogens is 2. The lowest BCUT2D eigenvalue weighted by atomic mass is 10.0. The zero-order chi connectivity index (χ0) is 21.4. The summed E-state index contributed by atoms with van der Waals surface area (Å²) in [6.07, 6.45) is 0. The number of benzene rings is 2. The minimum absolute atomic E-state index is 0.0337. The van der Waals surface area contributed by atoms with E-state index in [1.807, 2.05) is 61.7 Å². The van der Waals surface area contributed by atoms with Gasteiger partial charge >= 0.3 is 0 Å². The van der Waals surface area contributed by atoms with Gasteiger partial charge in [-0.1, -0.05) is 24.3 Å². The fourth-order valence-electron chi connectivity index (χ4n) is 3.44. The van der Waals surface area contributed by atoms with Crippen LogP contribution in [0.15, 0.2) is 52.6 Å². The number of carbonyl (C=O) groups is 1. The molecule has 0 radical (unpaired) electrons. The van der Waals surface area contributed by atoms with Crippen molar-refractivity contribution >= 4 is 27.3 Å². The Labute approximate surface area is 178 Å². The molecule has 0 amide bonds. The van der Waals surface area contributed by atoms with Gasteiger partial charge in [0.15, 0.2) is 5.78 Å². The van der Waals surface area contributed by atoms with Crippen LogP contribution < -0.4 is 10.3 Å². The SMILES string of the molecule is COc1ccc(-c2csc3nc(C)n(CC(=O)c4ccc(C)c(C)c4)c(=O)c23)cc1. The van der Waals surface area contributed by atoms with Crippen LogP contribution in [0.25, 0.3) is 21.3 Å². The third-order valence-corrected chi connectivity index (χ3v) is 6.29. The Balaban J connectivity index is 1.77. The molecular weight excluding hydrogens is 396 g/mol. The zero-order valence-electron chi connectivity index (χ0n) is 17.4. The van der Waals surface area contributed by atoms with Crippen LogP contribution in [0.2, 0.25) is 0 Å². The van der Waals surface area contributed by atoms with Gasteiger partial charge in [0.05, 0.1) is 19.0 Å². The van der Waals surface area contributed by atoms with E-state index in [0.29, 0.717) is 21.6 Å². The lowest BCUT2D eigenvalue weighted by Crippen LogP contribution is -2.27. The van der Waals surface area contributed by atoms with Crippen LogP contribution >= 0.6 is 11.3 Å². The van der Waals surface area contributed by atoms with Crippen LogP contribution in [0, 0.1) is 20.8 Å². The van der Waals surface area contributed by atoms with Crippen LogP contribution in [-0.4, -0.2) is 22.4 Å². The lowest BCUT2D eigenvalue weighted by molar-refractivity contribution is 0.0969. The second kappa shape index (κ2) is 7.88. The number of hydrogen-bond acceptors (Lipinski definition) is 5. The highest BCUT2D eigenvalue weighted by molar-refractivity contribution is 7.17. The molecule has 0 aliphatic carbocycles. The lowest BCUT2D eigenvalue weighted by Gasteiger charge is -2.11. The summed E-state index contributed by atoms with van der Waals surface area (Å²) in [4.78, 5) is 31.5. The second-order valence-corrected chi connectivity index (χ2v) is 8.19. The van der Waals surface area contributed by atoms with E-state index in [4.69, 9.17) is 4.74 Å². The van der Waals surface area contributed by atoms with Gasteiger partial charge in [0.25, 0.3) is 5.56 Å². The fraction of sp³-hybridized carbons (Fsp3) is 0.208. The smallest absolute Gasteiger partial charge is 0.263 e. The molecule has 30 heavy (non-hydrogen) atoms. The first kappa shape index (κ1) is 20.0. The monoisotopic (exact) mass is 418 g/mol. The first-order valence-corrected chi connectivity index (χ1v) is 10.5. The van der Waals surface area contributed by atoms with E-state index in [1.54, 1.807) is 14.0 Å². The number of hydrogen-bond donors (Lipinski definition) is 0. The van der Waals surface area contributed by atoms with Crippen molar-refractivity contribution in [3.05, 3.63) is 80.7 Å². The standard InChI is InChI=1S/C24H22N2O3S/c1-14-5-6-18(11-15(14)2)21(27)12-26-16(3)25-23-22(24(26)28)20(13-30-23)17-7-9-19(29-4)10-8-17/h5-11,13H,12H2,1-4H3. The number of carbonyl (C=O) groups excluding carboxylic acids is 1. The molecular formula is C24H22N2O3S. The molecule has 0 atom stereocenters. The molecule has 0 saturated carbocycles. The molecule has 0 unspecified atom stereocenters. The Morgan fingerprint density at radius 2 is 1.80 bits per heavy atom. The first-order valence-electron chi connectivity index (χ1n) is 9.62. The first-order chi connectivity index (χ1) is 14.4. The summed E-state index contributed by atoms with van der Waals surface area (Å²) in [6.45, 7) is 5.71. The largest absolute Gasteiger partial charge is 0.497 e. The number of thiophene rings is 1. The van der Waals surface area contributed by atoms with E-state index in [9.17, 15) is 9.59 Å². The van der Waals surface area contributed by atoms with Gasteiger partial charge in [-0.3, -0.25) is 14.2 Å². The Morgan fingerprint density at radius 1 is 1.07 bits per heavy atom. The van der Waals surface area contributed by atoms with Crippen LogP contribution in [0.3, 0.4) is 0 Å². The topological polar surface area (TPSA) is 61.2 Å². The van der Waals surface area contributed by atoms with Gasteiger partial charge in [-0.05, 0) is 55.7 Å². The van der Waals surface area contributed by atoms with Crippen LogP contribution in [-0.2, 0) is 6.54 Å². The average molecular weight is 419 g/mol. The van der Waals surface area contributed by atoms with Crippen molar-refractivity contribution in [1.82, 2.24) is 9.55 Å². The molecule has 152 valence electrons. The maximum atomic E-state index is 13.4. The molecule has 0 fully saturated rings. The number of fused-ring (bicyclic) bond motifs is 1. The molecule has 2 aromatic heterocycles. The van der Waals surface area contributed by atoms with Crippen molar-refractivity contribution in [3.8, 4) is 16.9 Å². The highest BCUT2D eigenvalue weighted by Gasteiger charge is 2.18. The van der Waals surface area contributed by atoms with Gasteiger partial charge < -0.3 is 4.74 Å². The maximum absolute atomic E-state index is 13.4. The molecule has 4 aromatic rings. The Morgan fingerprint density at radius 3 is 2.47 bits per heavy atom. The Hall–Kier alpha value is -3.25. The summed E-state index contributed by atoms with van der Waals surface area (Å²) >= 11 is 1.43. The van der Waals surface area contributed by atoms with Gasteiger partial charge in [-0.15, -0.1) is 11.3 Å². The number of nitrogens with zero attached hydrogens (tertiary/aromatic N) is 2. The molecule has 5 nitrogen and oxygen atoms in total. The van der Waals surface area contributed by atoms with Crippen molar-refractivity contribution in [2.24, 2.45) is 0 Å². The van der Waals surface area contributed by atoms with Crippen molar-refractivity contribution < 1.29 is 9.53 Å². The van der Waals surface area contributed by atoms with Crippen molar-refractivity contribution in [2.45, 2.75) is 27.3 Å². The number of ether oxygens (including phenoxy) is 1. The average Bonchev–Trinajstić information content (AvgIpc) is 3.16. The van der Waals surface area contributed by atoms with Crippen molar-refractivity contribution in [1.29, 1.82) is 0 Å². The predicted octanol–water partition coefficient (Wildman–Crippen LogP) is 4.94. The van der Waals surface area contributed by atoms with Crippen molar-refractivity contribution in [2.75, 3.05) is 7.11 Å². The quantitative estimate of drug-likeness (QED) is 0.431. The van der Waals surface area contributed by atoms with E-state index in [-0.39, 0.29) is 17.9 Å². The molecule has 0 N–H and O–H groups in total. The Kier molecular flexibility index (Phi) is 5.26. The number of rotatable bonds is 5. The van der Waals surface area contributed by atoms with Gasteiger partial charge in [-0.2, -0.15) is 0 Å². The molecule has 6 heteroatoms. The normalized spacial score (nSPS) is 11.1. The third kappa shape index (κ3) is 3.55. The summed E-state index contributed by atoms with van der Waals surface area (Å²) < 4.78 is 6.69. The number of aryl methyl sites for hydroxylation is 3. The minimum atomic E-state index is -0.193. The molecule has 0 aliphatic heterocycles. The zero-order valence-corrected chi connectivity index (χ0v) is 18.2. The van der Waals surface area contributed by atoms with Crippen molar-refractivity contribution in [3.63, 3.8) is 0 Å². The number of Topliss-reactive ketones (excluding diaryl/α,β-unsaturated/α-hetero) is 1. The molecule has 4 rings (SSSR count). The molecule has 0 bridgehead atoms. The van der Waals surface area contributed by atoms with Gasteiger partial charge in [0.2, 0.25) is 0 Å². The molecule has 0 spiro atoms. The van der Waals surface area contributed by atoms with Gasteiger partial charge in [-0.25, -0.2) is 4.98 Å². The fourth-order valence-corrected chi connectivity index (χ4v) is 4.43. The summed E-state index contributed by atoms with van der Waals surface area (Å²) in [5, 5.41) is 2.49. The van der Waals surface area contributed by atoms with E-state index >= 15 is 0 Å². The third-order valence-electron chi connectivity index (χ3n) is 5.42. The summed E-state index contributed by atoms with van der Waals surface area (Å²) in [7, 11) is 1.62. The summed E-state index contributed by atoms with van der Waals surface area (Å²) in [6, 6.07) is 13.2.